The minimum atomic E-state index is -4.27. The minimum absolute atomic E-state index is 0.0494. The summed E-state index contributed by atoms with van der Waals surface area (Å²) < 4.78 is 45.1. The second kappa shape index (κ2) is 13.6. The lowest BCUT2D eigenvalue weighted by atomic mass is 10.1. The van der Waals surface area contributed by atoms with Gasteiger partial charge < -0.3 is 24.4 Å². The van der Waals surface area contributed by atoms with E-state index >= 15 is 0 Å². The first-order valence-corrected chi connectivity index (χ1v) is 14.8. The van der Waals surface area contributed by atoms with Crippen molar-refractivity contribution < 1.29 is 32.2 Å². The first kappa shape index (κ1) is 32.3. The van der Waals surface area contributed by atoms with Crippen molar-refractivity contribution in [3.05, 3.63) is 78.4 Å². The van der Waals surface area contributed by atoms with E-state index in [0.29, 0.717) is 17.1 Å². The number of nitrogens with one attached hydrogen (secondary N) is 1. The molecule has 0 radical (unpaired) electrons. The highest BCUT2D eigenvalue weighted by Gasteiger charge is 2.33. The van der Waals surface area contributed by atoms with Crippen molar-refractivity contribution in [3.63, 3.8) is 0 Å². The Balaban J connectivity index is 2.06. The summed E-state index contributed by atoms with van der Waals surface area (Å²) >= 11 is 0. The summed E-state index contributed by atoms with van der Waals surface area (Å²) in [5.41, 5.74) is 0.462. The molecule has 10 nitrogen and oxygen atoms in total. The van der Waals surface area contributed by atoms with Gasteiger partial charge in [0.05, 0.1) is 31.9 Å². The fraction of sp³-hybridized carbons (Fsp3) is 0.355. The van der Waals surface area contributed by atoms with Crippen LogP contribution in [-0.2, 0) is 26.2 Å². The number of amides is 2. The van der Waals surface area contributed by atoms with Crippen LogP contribution >= 0.6 is 0 Å². The van der Waals surface area contributed by atoms with Crippen molar-refractivity contribution in [1.29, 1.82) is 0 Å². The molecule has 0 aliphatic carbocycles. The monoisotopic (exact) mass is 597 g/mol. The third-order valence-electron chi connectivity index (χ3n) is 6.42. The Morgan fingerprint density at radius 1 is 0.857 bits per heavy atom. The average molecular weight is 598 g/mol. The van der Waals surface area contributed by atoms with Gasteiger partial charge in [-0.15, -0.1) is 0 Å². The number of hydrogen-bond acceptors (Lipinski definition) is 7. The van der Waals surface area contributed by atoms with E-state index in [-0.39, 0.29) is 28.8 Å². The number of carbonyl (C=O) groups excluding carboxylic acids is 2. The van der Waals surface area contributed by atoms with Crippen LogP contribution < -0.4 is 23.8 Å². The molecule has 0 fully saturated rings. The smallest absolute Gasteiger partial charge is 0.264 e. The number of anilines is 1. The van der Waals surface area contributed by atoms with Crippen LogP contribution in [0.3, 0.4) is 0 Å². The Kier molecular flexibility index (Phi) is 10.5. The molecule has 1 N–H and O–H groups in total. The topological polar surface area (TPSA) is 114 Å². The van der Waals surface area contributed by atoms with Gasteiger partial charge in [-0.25, -0.2) is 8.42 Å². The molecule has 0 saturated carbocycles. The highest BCUT2D eigenvalue weighted by atomic mass is 32.2. The van der Waals surface area contributed by atoms with E-state index < -0.39 is 34.1 Å². The first-order valence-electron chi connectivity index (χ1n) is 13.3. The highest BCUT2D eigenvalue weighted by Crippen LogP contribution is 2.32. The van der Waals surface area contributed by atoms with Crippen LogP contribution in [0.25, 0.3) is 0 Å². The lowest BCUT2D eigenvalue weighted by Gasteiger charge is -2.33. The summed E-state index contributed by atoms with van der Waals surface area (Å²) in [4.78, 5) is 28.6. The molecule has 0 aliphatic heterocycles. The highest BCUT2D eigenvalue weighted by molar-refractivity contribution is 7.92. The molecule has 0 heterocycles. The van der Waals surface area contributed by atoms with Crippen LogP contribution in [0, 0.1) is 0 Å². The summed E-state index contributed by atoms with van der Waals surface area (Å²) in [6, 6.07) is 18.8. The average Bonchev–Trinajstić information content (AvgIpc) is 2.97. The normalized spacial score (nSPS) is 12.2. The summed E-state index contributed by atoms with van der Waals surface area (Å²) in [5, 5.41) is 2.91. The molecule has 0 bridgehead atoms. The Morgan fingerprint density at radius 2 is 1.52 bits per heavy atom. The zero-order chi connectivity index (χ0) is 31.1. The molecule has 226 valence electrons. The molecule has 0 unspecified atom stereocenters. The molecule has 3 aromatic carbocycles. The Hall–Kier alpha value is -4.25. The van der Waals surface area contributed by atoms with Gasteiger partial charge in [0.1, 0.15) is 18.3 Å². The first-order chi connectivity index (χ1) is 19.8. The quantitative estimate of drug-likeness (QED) is 0.332. The second-order valence-corrected chi connectivity index (χ2v) is 12.5. The molecule has 42 heavy (non-hydrogen) atoms. The molecule has 3 aromatic rings. The number of ether oxygens (including phenoxy) is 3. The van der Waals surface area contributed by atoms with E-state index in [1.807, 2.05) is 26.8 Å². The predicted octanol–water partition coefficient (Wildman–Crippen LogP) is 4.24. The van der Waals surface area contributed by atoms with Crippen LogP contribution in [0.1, 0.15) is 33.3 Å². The summed E-state index contributed by atoms with van der Waals surface area (Å²) in [6.07, 6.45) is 0. The Morgan fingerprint density at radius 3 is 2.12 bits per heavy atom. The van der Waals surface area contributed by atoms with Crippen molar-refractivity contribution in [3.8, 4) is 17.2 Å². The van der Waals surface area contributed by atoms with Gasteiger partial charge in [-0.1, -0.05) is 30.3 Å². The summed E-state index contributed by atoms with van der Waals surface area (Å²) in [5.74, 6) is 0.246. The van der Waals surface area contributed by atoms with Crippen molar-refractivity contribution in [2.45, 2.75) is 50.7 Å². The molecule has 0 spiro atoms. The molecule has 0 aromatic heterocycles. The molecule has 0 saturated heterocycles. The minimum Gasteiger partial charge on any atom is -0.497 e. The van der Waals surface area contributed by atoms with E-state index in [1.54, 1.807) is 55.5 Å². The van der Waals surface area contributed by atoms with Gasteiger partial charge in [0.15, 0.2) is 11.5 Å². The maximum atomic E-state index is 14.1. The van der Waals surface area contributed by atoms with E-state index in [2.05, 4.69) is 5.32 Å². The number of hydrogen-bond donors (Lipinski definition) is 1. The van der Waals surface area contributed by atoms with Crippen LogP contribution in [-0.4, -0.2) is 64.6 Å². The van der Waals surface area contributed by atoms with E-state index in [0.717, 1.165) is 4.31 Å². The fourth-order valence-electron chi connectivity index (χ4n) is 4.25. The maximum absolute atomic E-state index is 14.1. The molecule has 3 rings (SSSR count). The Bertz CT molecular complexity index is 1490. The van der Waals surface area contributed by atoms with Gasteiger partial charge in [-0.2, -0.15) is 0 Å². The number of nitrogens with zero attached hydrogens (tertiary/aromatic N) is 2. The third kappa shape index (κ3) is 7.94. The maximum Gasteiger partial charge on any atom is 0.264 e. The number of sulfonamides is 1. The summed E-state index contributed by atoms with van der Waals surface area (Å²) in [7, 11) is 0.134. The van der Waals surface area contributed by atoms with Gasteiger partial charge in [0, 0.05) is 18.2 Å². The van der Waals surface area contributed by atoms with E-state index in [9.17, 15) is 18.0 Å². The van der Waals surface area contributed by atoms with Gasteiger partial charge in [-0.05, 0) is 69.7 Å². The van der Waals surface area contributed by atoms with Gasteiger partial charge in [0.25, 0.3) is 10.0 Å². The molecule has 0 aliphatic rings. The predicted molar refractivity (Wildman–Crippen MR) is 161 cm³/mol. The molecule has 2 amide bonds. The molecule has 11 heteroatoms. The summed E-state index contributed by atoms with van der Waals surface area (Å²) in [6.45, 7) is 6.65. The van der Waals surface area contributed by atoms with Crippen LogP contribution in [0.5, 0.6) is 17.2 Å². The standard InChI is InChI=1S/C31H39N3O7S/c1-22(30(36)32-31(2,3)4)33(20-23-12-11-15-25(18-23)39-5)29(35)21-34(24-13-9-8-10-14-24)42(37,38)26-16-17-27(40-6)28(19-26)41-7/h8-19,22H,20-21H2,1-7H3,(H,32,36)/t22-/m0/s1. The van der Waals surface area contributed by atoms with Crippen LogP contribution in [0.15, 0.2) is 77.7 Å². The molecule has 1 atom stereocenters. The number of benzene rings is 3. The van der Waals surface area contributed by atoms with Crippen molar-refractivity contribution in [1.82, 2.24) is 10.2 Å². The van der Waals surface area contributed by atoms with Gasteiger partial charge >= 0.3 is 0 Å². The number of carbonyl (C=O) groups is 2. The number of para-hydroxylation sites is 1. The largest absolute Gasteiger partial charge is 0.497 e. The lowest BCUT2D eigenvalue weighted by molar-refractivity contribution is -0.140. The van der Waals surface area contributed by atoms with E-state index in [1.165, 1.54) is 44.4 Å². The lowest BCUT2D eigenvalue weighted by Crippen LogP contribution is -2.54. The van der Waals surface area contributed by atoms with E-state index in [4.69, 9.17) is 14.2 Å². The van der Waals surface area contributed by atoms with Crippen molar-refractivity contribution in [2.24, 2.45) is 0 Å². The second-order valence-electron chi connectivity index (χ2n) is 10.7. The number of methoxy groups -OCH3 is 3. The van der Waals surface area contributed by atoms with Crippen LogP contribution in [0.4, 0.5) is 5.69 Å². The van der Waals surface area contributed by atoms with Crippen molar-refractivity contribution in [2.75, 3.05) is 32.2 Å². The zero-order valence-corrected chi connectivity index (χ0v) is 25.9. The van der Waals surface area contributed by atoms with Crippen LogP contribution in [0.2, 0.25) is 0 Å². The molecular weight excluding hydrogens is 558 g/mol. The SMILES string of the molecule is COc1cccc(CN(C(=O)CN(c2ccccc2)S(=O)(=O)c2ccc(OC)c(OC)c2)[C@@H](C)C(=O)NC(C)(C)C)c1. The fourth-order valence-corrected chi connectivity index (χ4v) is 5.68. The van der Waals surface area contributed by atoms with Crippen molar-refractivity contribution >= 4 is 27.5 Å². The van der Waals surface area contributed by atoms with Gasteiger partial charge in [0.2, 0.25) is 11.8 Å². The third-order valence-corrected chi connectivity index (χ3v) is 8.19. The van der Waals surface area contributed by atoms with Gasteiger partial charge in [-0.3, -0.25) is 13.9 Å². The number of rotatable bonds is 12. The molecular formula is C31H39N3O7S. The zero-order valence-electron chi connectivity index (χ0n) is 25.1. The Labute approximate surface area is 248 Å².